The molecule has 0 fully saturated rings. The highest BCUT2D eigenvalue weighted by Crippen LogP contribution is 2.53. The molecule has 0 bridgehead atoms. The highest BCUT2D eigenvalue weighted by atomic mass is 32.1. The third-order valence-electron chi connectivity index (χ3n) is 17.0. The summed E-state index contributed by atoms with van der Waals surface area (Å²) in [6, 6.07) is 63.1. The lowest BCUT2D eigenvalue weighted by Crippen LogP contribution is -2.55. The van der Waals surface area contributed by atoms with E-state index in [0.717, 1.165) is 11.4 Å². The van der Waals surface area contributed by atoms with Crippen LogP contribution in [0.4, 0.5) is 34.1 Å². The van der Waals surface area contributed by atoms with Gasteiger partial charge in [0.15, 0.2) is 0 Å². The van der Waals surface area contributed by atoms with Crippen molar-refractivity contribution in [2.24, 2.45) is 0 Å². The monoisotopic (exact) mass is 898 g/mol. The normalized spacial score (nSPS) is 17.6. The summed E-state index contributed by atoms with van der Waals surface area (Å²) in [7, 11) is 0. The summed E-state index contributed by atoms with van der Waals surface area (Å²) in [6.45, 7) is 19.8. The van der Waals surface area contributed by atoms with Gasteiger partial charge in [-0.1, -0.05) is 146 Å². The first kappa shape index (κ1) is 41.8. The van der Waals surface area contributed by atoms with Gasteiger partial charge in [0.1, 0.15) is 0 Å². The van der Waals surface area contributed by atoms with E-state index in [9.17, 15) is 0 Å². The van der Waals surface area contributed by atoms with Gasteiger partial charge in [-0.05, 0) is 182 Å². The molecule has 0 saturated carbocycles. The molecule has 68 heavy (non-hydrogen) atoms. The fourth-order valence-corrected chi connectivity index (χ4v) is 14.1. The molecular formula is C64H59BN2S. The summed E-state index contributed by atoms with van der Waals surface area (Å²) >= 11 is 1.90. The number of nitrogens with zero attached hydrogens (tertiary/aromatic N) is 2. The van der Waals surface area contributed by atoms with Crippen molar-refractivity contribution in [2.75, 3.05) is 9.80 Å². The summed E-state index contributed by atoms with van der Waals surface area (Å²) < 4.78 is 2.67. The fourth-order valence-electron chi connectivity index (χ4n) is 12.9. The van der Waals surface area contributed by atoms with Crippen LogP contribution >= 0.6 is 11.3 Å². The van der Waals surface area contributed by atoms with Gasteiger partial charge in [-0.25, -0.2) is 0 Å². The number of thiophene rings is 1. The Bertz CT molecular complexity index is 3500. The van der Waals surface area contributed by atoms with Crippen LogP contribution in [-0.4, -0.2) is 6.71 Å². The van der Waals surface area contributed by atoms with Crippen molar-refractivity contribution in [3.05, 3.63) is 186 Å². The van der Waals surface area contributed by atoms with Gasteiger partial charge in [0.2, 0.25) is 6.71 Å². The smallest absolute Gasteiger partial charge is 0.248 e. The number of hydrogen-bond acceptors (Lipinski definition) is 3. The summed E-state index contributed by atoms with van der Waals surface area (Å²) in [5.74, 6) is 0. The second-order valence-corrected chi connectivity index (χ2v) is 24.1. The molecule has 8 aromatic carbocycles. The molecule has 0 unspecified atom stereocenters. The Labute approximate surface area is 407 Å². The van der Waals surface area contributed by atoms with E-state index in [1.54, 1.807) is 0 Å². The van der Waals surface area contributed by atoms with Gasteiger partial charge in [-0.15, -0.1) is 11.3 Å². The van der Waals surface area contributed by atoms with Crippen molar-refractivity contribution in [1.29, 1.82) is 0 Å². The zero-order valence-corrected chi connectivity index (χ0v) is 41.6. The van der Waals surface area contributed by atoms with Crippen molar-refractivity contribution >= 4 is 88.7 Å². The van der Waals surface area contributed by atoms with Crippen molar-refractivity contribution in [3.8, 4) is 22.3 Å². The Morgan fingerprint density at radius 3 is 1.74 bits per heavy atom. The van der Waals surface area contributed by atoms with Crippen LogP contribution in [0, 0.1) is 0 Å². The third-order valence-corrected chi connectivity index (χ3v) is 18.1. The van der Waals surface area contributed by atoms with Crippen LogP contribution in [0.2, 0.25) is 0 Å². The van der Waals surface area contributed by atoms with E-state index in [2.05, 4.69) is 229 Å². The van der Waals surface area contributed by atoms with Crippen LogP contribution in [-0.2, 0) is 21.7 Å². The largest absolute Gasteiger partial charge is 0.311 e. The Morgan fingerprint density at radius 2 is 1.04 bits per heavy atom. The molecule has 4 aliphatic rings. The molecular weight excluding hydrogens is 840 g/mol. The molecule has 4 heteroatoms. The van der Waals surface area contributed by atoms with Gasteiger partial charge in [0, 0.05) is 54.3 Å². The van der Waals surface area contributed by atoms with Crippen molar-refractivity contribution in [2.45, 2.75) is 103 Å². The predicted octanol–water partition coefficient (Wildman–Crippen LogP) is 16.2. The summed E-state index contributed by atoms with van der Waals surface area (Å²) in [6.07, 6.45) is 4.72. The van der Waals surface area contributed by atoms with Gasteiger partial charge in [-0.3, -0.25) is 0 Å². The summed E-state index contributed by atoms with van der Waals surface area (Å²) in [5.41, 5.74) is 23.1. The summed E-state index contributed by atoms with van der Waals surface area (Å²) in [5, 5.41) is 2.69. The first-order valence-electron chi connectivity index (χ1n) is 25.0. The van der Waals surface area contributed by atoms with Gasteiger partial charge < -0.3 is 9.80 Å². The molecule has 9 aromatic rings. The second kappa shape index (κ2) is 14.6. The lowest BCUT2D eigenvalue weighted by atomic mass is 9.36. The minimum absolute atomic E-state index is 0.0446. The predicted molar refractivity (Wildman–Crippen MR) is 295 cm³/mol. The third kappa shape index (κ3) is 6.15. The minimum Gasteiger partial charge on any atom is -0.311 e. The molecule has 1 aromatic heterocycles. The van der Waals surface area contributed by atoms with E-state index in [1.165, 1.54) is 130 Å². The highest BCUT2D eigenvalue weighted by molar-refractivity contribution is 7.26. The van der Waals surface area contributed by atoms with Crippen LogP contribution in [0.3, 0.4) is 0 Å². The Kier molecular flexibility index (Phi) is 8.96. The number of benzene rings is 8. The van der Waals surface area contributed by atoms with Crippen LogP contribution in [0.5, 0.6) is 0 Å². The second-order valence-electron chi connectivity index (χ2n) is 23.0. The maximum Gasteiger partial charge on any atom is 0.248 e. The molecule has 2 aliphatic heterocycles. The van der Waals surface area contributed by atoms with Crippen LogP contribution in [0.25, 0.3) is 42.4 Å². The van der Waals surface area contributed by atoms with E-state index in [-0.39, 0.29) is 28.4 Å². The molecule has 0 atom stereocenters. The molecule has 3 heterocycles. The molecule has 0 N–H and O–H groups in total. The SMILES string of the molecule is CC1(C)CCC(C)(C)c2cc(N3c4cc5c(cc4B4c6cc(N(c7ccccc7)c7ccccc7)ccc6-c6cc(-c7cccc8sc9ccccc9c78)cc3c64)C(C)(C)CCC5(C)C)ccc21. The minimum atomic E-state index is 0.0446. The van der Waals surface area contributed by atoms with Crippen LogP contribution < -0.4 is 26.2 Å². The number of rotatable bonds is 5. The van der Waals surface area contributed by atoms with Gasteiger partial charge in [-0.2, -0.15) is 0 Å². The molecule has 334 valence electrons. The first-order chi connectivity index (χ1) is 32.7. The number of fused-ring (bicyclic) bond motifs is 10. The van der Waals surface area contributed by atoms with E-state index in [1.807, 2.05) is 11.3 Å². The Balaban J connectivity index is 1.13. The zero-order chi connectivity index (χ0) is 46.5. The lowest BCUT2D eigenvalue weighted by Gasteiger charge is -2.45. The Morgan fingerprint density at radius 1 is 0.441 bits per heavy atom. The quantitative estimate of drug-likeness (QED) is 0.159. The average Bonchev–Trinajstić information content (AvgIpc) is 3.89. The van der Waals surface area contributed by atoms with Crippen molar-refractivity contribution in [1.82, 2.24) is 0 Å². The number of anilines is 6. The molecule has 2 aliphatic carbocycles. The molecule has 0 saturated heterocycles. The maximum absolute atomic E-state index is 2.71. The van der Waals surface area contributed by atoms with Crippen molar-refractivity contribution in [3.63, 3.8) is 0 Å². The van der Waals surface area contributed by atoms with E-state index in [4.69, 9.17) is 0 Å². The zero-order valence-electron chi connectivity index (χ0n) is 40.8. The van der Waals surface area contributed by atoms with Gasteiger partial charge in [0.05, 0.1) is 0 Å². The topological polar surface area (TPSA) is 6.48 Å². The van der Waals surface area contributed by atoms with Crippen LogP contribution in [0.15, 0.2) is 164 Å². The number of para-hydroxylation sites is 2. The van der Waals surface area contributed by atoms with E-state index < -0.39 is 0 Å². The van der Waals surface area contributed by atoms with E-state index >= 15 is 0 Å². The average molecular weight is 899 g/mol. The maximum atomic E-state index is 2.71. The fraction of sp³-hybridized carbons (Fsp3) is 0.250. The summed E-state index contributed by atoms with van der Waals surface area (Å²) in [4.78, 5) is 5.14. The molecule has 0 amide bonds. The molecule has 2 nitrogen and oxygen atoms in total. The first-order valence-corrected chi connectivity index (χ1v) is 25.8. The molecule has 0 spiro atoms. The standard InChI is InChI=1S/C64H59BN2S/c1-61(2)30-31-62(3,4)50-36-43(27-29-49(50)61)67-55-39-52-51(63(5,6)32-33-64(52,7)8)38-54(55)65-53-37-44(66(41-18-11-9-12-19-41)42-20-13-10-14-21-42)26-28-46(53)48-34-40(35-56(67)60(48)65)45-23-17-25-58-59(45)47-22-15-16-24-57(47)68-58/h9-29,34-39H,30-33H2,1-8H3. The highest BCUT2D eigenvalue weighted by Gasteiger charge is 2.47. The Hall–Kier alpha value is -6.36. The lowest BCUT2D eigenvalue weighted by molar-refractivity contribution is 0.332. The van der Waals surface area contributed by atoms with Gasteiger partial charge >= 0.3 is 0 Å². The number of hydrogen-bond donors (Lipinski definition) is 0. The molecule has 13 rings (SSSR count). The van der Waals surface area contributed by atoms with Gasteiger partial charge in [0.25, 0.3) is 0 Å². The van der Waals surface area contributed by atoms with Crippen molar-refractivity contribution < 1.29 is 0 Å². The molecule has 0 radical (unpaired) electrons. The van der Waals surface area contributed by atoms with E-state index in [0.29, 0.717) is 0 Å². The van der Waals surface area contributed by atoms with Crippen LogP contribution in [0.1, 0.15) is 103 Å².